The van der Waals surface area contributed by atoms with Crippen LogP contribution in [0, 0.1) is 13.8 Å². The zero-order valence-corrected chi connectivity index (χ0v) is 16.7. The summed E-state index contributed by atoms with van der Waals surface area (Å²) in [6.07, 6.45) is 3.82. The van der Waals surface area contributed by atoms with Gasteiger partial charge in [0.15, 0.2) is 5.82 Å². The summed E-state index contributed by atoms with van der Waals surface area (Å²) in [4.78, 5) is 9.36. The fourth-order valence-electron chi connectivity index (χ4n) is 3.40. The van der Waals surface area contributed by atoms with Crippen LogP contribution in [0.3, 0.4) is 0 Å². The van der Waals surface area contributed by atoms with Gasteiger partial charge < -0.3 is 14.7 Å². The lowest BCUT2D eigenvalue weighted by molar-refractivity contribution is 0.491. The number of hydrogen-bond donors (Lipinski definition) is 1. The number of nitrogen functional groups attached to an aromatic ring is 1. The Hall–Kier alpha value is -4.00. The van der Waals surface area contributed by atoms with Crippen molar-refractivity contribution in [3.05, 3.63) is 77.9 Å². The van der Waals surface area contributed by atoms with Crippen molar-refractivity contribution >= 4 is 6.01 Å². The molecule has 30 heavy (non-hydrogen) atoms. The molecule has 2 aliphatic rings. The van der Waals surface area contributed by atoms with Crippen LogP contribution in [-0.2, 0) is 6.54 Å². The Kier molecular flexibility index (Phi) is 4.28. The minimum Gasteiger partial charge on any atom is -0.406 e. The summed E-state index contributed by atoms with van der Waals surface area (Å²) in [5.41, 5.74) is 13.1. The molecule has 0 spiro atoms. The number of aryl methyl sites for hydroxylation is 2. The van der Waals surface area contributed by atoms with Gasteiger partial charge in [0.05, 0.1) is 5.69 Å². The Morgan fingerprint density at radius 3 is 2.30 bits per heavy atom. The van der Waals surface area contributed by atoms with Gasteiger partial charge in [0.1, 0.15) is 12.2 Å². The first-order chi connectivity index (χ1) is 14.5. The molecule has 0 fully saturated rings. The van der Waals surface area contributed by atoms with E-state index in [9.17, 15) is 0 Å². The molecule has 0 unspecified atom stereocenters. The molecule has 2 aromatic carbocycles. The molecule has 1 aromatic heterocycles. The first-order valence-electron chi connectivity index (χ1n) is 9.64. The average molecular weight is 396 g/mol. The molecule has 148 valence electrons. The van der Waals surface area contributed by atoms with E-state index in [0.29, 0.717) is 18.3 Å². The molecule has 0 bridgehead atoms. The fraction of sp³-hybridized carbons (Fsp3) is 0.130. The minimum atomic E-state index is 0.0614. The van der Waals surface area contributed by atoms with Crippen molar-refractivity contribution in [2.45, 2.75) is 20.4 Å². The second kappa shape index (κ2) is 7.11. The lowest BCUT2D eigenvalue weighted by Gasteiger charge is -2.06. The fourth-order valence-corrected chi connectivity index (χ4v) is 3.40. The van der Waals surface area contributed by atoms with Gasteiger partial charge in [-0.3, -0.25) is 0 Å². The van der Waals surface area contributed by atoms with Crippen LogP contribution < -0.4 is 5.73 Å². The first-order valence-corrected chi connectivity index (χ1v) is 9.64. The maximum Gasteiger partial charge on any atom is 0.312 e. The zero-order chi connectivity index (χ0) is 20.7. The van der Waals surface area contributed by atoms with Gasteiger partial charge in [0.2, 0.25) is 5.89 Å². The van der Waals surface area contributed by atoms with Gasteiger partial charge in [-0.05, 0) is 42.2 Å². The average Bonchev–Trinajstić information content (AvgIpc) is 3.36. The number of nitrogens with two attached hydrogens (primary N) is 1. The number of nitrogens with zero attached hydrogens (tertiary/aromatic N) is 5. The van der Waals surface area contributed by atoms with E-state index in [0.717, 1.165) is 17.0 Å². The molecule has 5 rings (SSSR count). The van der Waals surface area contributed by atoms with Crippen molar-refractivity contribution in [3.8, 4) is 33.9 Å². The van der Waals surface area contributed by atoms with E-state index in [1.807, 2.05) is 23.0 Å². The molecule has 3 heterocycles. The molecular formula is C23H20N6O. The van der Waals surface area contributed by atoms with E-state index in [2.05, 4.69) is 71.5 Å². The molecular weight excluding hydrogens is 376 g/mol. The highest BCUT2D eigenvalue weighted by Gasteiger charge is 2.14. The third kappa shape index (κ3) is 3.41. The monoisotopic (exact) mass is 396 g/mol. The lowest BCUT2D eigenvalue weighted by Crippen LogP contribution is -2.01. The highest BCUT2D eigenvalue weighted by molar-refractivity contribution is 5.71. The molecule has 7 nitrogen and oxygen atoms in total. The van der Waals surface area contributed by atoms with E-state index in [1.165, 1.54) is 22.3 Å². The topological polar surface area (TPSA) is 95.7 Å². The standard InChI is InChI=1S/C23H20N6O/c1-14-3-4-18(11-15(14)2)16-5-7-17(8-6-16)22-25-19-9-10-29(12-20(19)26-22)13-21-27-28-23(24)30-21/h3-12H,13H2,1-2H3,(H2,24,28). The van der Waals surface area contributed by atoms with Gasteiger partial charge in [0, 0.05) is 18.0 Å². The molecule has 0 atom stereocenters. The minimum absolute atomic E-state index is 0.0614. The van der Waals surface area contributed by atoms with Crippen molar-refractivity contribution in [2.24, 2.45) is 0 Å². The van der Waals surface area contributed by atoms with Crippen molar-refractivity contribution in [1.82, 2.24) is 24.7 Å². The van der Waals surface area contributed by atoms with Crippen molar-refractivity contribution in [1.29, 1.82) is 0 Å². The second-order valence-electron chi connectivity index (χ2n) is 7.35. The number of fused-ring (bicyclic) bond motifs is 1. The smallest absolute Gasteiger partial charge is 0.312 e. The molecule has 0 saturated carbocycles. The number of rotatable bonds is 4. The Labute approximate surface area is 173 Å². The SMILES string of the molecule is Cc1ccc(-c2ccc(-c3nc4ccn(Cc5nnc(N)o5)cc-4n3)cc2)cc1C. The Morgan fingerprint density at radius 2 is 1.57 bits per heavy atom. The summed E-state index contributed by atoms with van der Waals surface area (Å²) in [5.74, 6) is 1.15. The Balaban J connectivity index is 1.41. The summed E-state index contributed by atoms with van der Waals surface area (Å²) < 4.78 is 7.15. The number of anilines is 1. The second-order valence-corrected chi connectivity index (χ2v) is 7.35. The van der Waals surface area contributed by atoms with Crippen LogP contribution in [0.2, 0.25) is 0 Å². The largest absolute Gasteiger partial charge is 0.406 e. The van der Waals surface area contributed by atoms with Crippen LogP contribution in [-0.4, -0.2) is 24.7 Å². The van der Waals surface area contributed by atoms with Crippen LogP contribution in [0.15, 0.2) is 65.3 Å². The Bertz CT molecular complexity index is 1300. The highest BCUT2D eigenvalue weighted by atomic mass is 16.4. The van der Waals surface area contributed by atoms with Gasteiger partial charge in [0.25, 0.3) is 0 Å². The molecule has 3 aromatic rings. The molecule has 0 radical (unpaired) electrons. The summed E-state index contributed by atoms with van der Waals surface area (Å²) in [7, 11) is 0. The number of hydrogen-bond acceptors (Lipinski definition) is 6. The summed E-state index contributed by atoms with van der Waals surface area (Å²) in [5, 5.41) is 7.57. The maximum absolute atomic E-state index is 5.48. The quantitative estimate of drug-likeness (QED) is 0.485. The van der Waals surface area contributed by atoms with E-state index >= 15 is 0 Å². The zero-order valence-electron chi connectivity index (χ0n) is 16.7. The van der Waals surface area contributed by atoms with Crippen molar-refractivity contribution in [3.63, 3.8) is 0 Å². The highest BCUT2D eigenvalue weighted by Crippen LogP contribution is 2.28. The van der Waals surface area contributed by atoms with Gasteiger partial charge in [-0.15, -0.1) is 5.10 Å². The lowest BCUT2D eigenvalue weighted by atomic mass is 9.99. The summed E-state index contributed by atoms with van der Waals surface area (Å²) in [6, 6.07) is 16.9. The molecule has 0 aliphatic carbocycles. The van der Waals surface area contributed by atoms with Crippen LogP contribution in [0.5, 0.6) is 0 Å². The van der Waals surface area contributed by atoms with Gasteiger partial charge in [-0.1, -0.05) is 47.6 Å². The van der Waals surface area contributed by atoms with Crippen molar-refractivity contribution in [2.75, 3.05) is 5.73 Å². The van der Waals surface area contributed by atoms with Crippen molar-refractivity contribution < 1.29 is 4.42 Å². The number of aromatic nitrogens is 5. The van der Waals surface area contributed by atoms with Crippen LogP contribution in [0.25, 0.3) is 33.9 Å². The van der Waals surface area contributed by atoms with E-state index in [4.69, 9.17) is 15.1 Å². The molecule has 2 aliphatic heterocycles. The van der Waals surface area contributed by atoms with Crippen LogP contribution in [0.1, 0.15) is 17.0 Å². The van der Waals surface area contributed by atoms with E-state index < -0.39 is 0 Å². The van der Waals surface area contributed by atoms with E-state index in [1.54, 1.807) is 0 Å². The first kappa shape index (κ1) is 18.1. The number of benzene rings is 2. The molecule has 2 N–H and O–H groups in total. The molecule has 0 saturated heterocycles. The predicted molar refractivity (Wildman–Crippen MR) is 115 cm³/mol. The van der Waals surface area contributed by atoms with Gasteiger partial charge >= 0.3 is 6.01 Å². The van der Waals surface area contributed by atoms with Crippen LogP contribution >= 0.6 is 0 Å². The van der Waals surface area contributed by atoms with E-state index in [-0.39, 0.29) is 6.01 Å². The third-order valence-electron chi connectivity index (χ3n) is 5.21. The molecule has 7 heteroatoms. The molecule has 0 amide bonds. The van der Waals surface area contributed by atoms with Crippen LogP contribution in [0.4, 0.5) is 6.01 Å². The predicted octanol–water partition coefficient (Wildman–Crippen LogP) is 4.35. The third-order valence-corrected chi connectivity index (χ3v) is 5.21. The Morgan fingerprint density at radius 1 is 0.833 bits per heavy atom. The number of pyridine rings is 1. The summed E-state index contributed by atoms with van der Waals surface area (Å²) >= 11 is 0. The normalized spacial score (nSPS) is 11.3. The summed E-state index contributed by atoms with van der Waals surface area (Å²) in [6.45, 7) is 4.68. The van der Waals surface area contributed by atoms with Gasteiger partial charge in [-0.2, -0.15) is 0 Å². The van der Waals surface area contributed by atoms with Gasteiger partial charge in [-0.25, -0.2) is 9.97 Å². The number of imidazole rings is 1. The maximum atomic E-state index is 5.48.